The van der Waals surface area contributed by atoms with Gasteiger partial charge < -0.3 is 0 Å². The first-order valence-corrected chi connectivity index (χ1v) is 6.84. The average molecular weight is 272 g/mol. The molecule has 4 heteroatoms. The van der Waals surface area contributed by atoms with Gasteiger partial charge in [-0.15, -0.1) is 10.2 Å². The lowest BCUT2D eigenvalue weighted by Gasteiger charge is -2.36. The molecule has 0 N–H and O–H groups in total. The number of hydrogen-bond donors (Lipinski definition) is 0. The normalized spacial score (nSPS) is 14.1. The van der Waals surface area contributed by atoms with Gasteiger partial charge in [0.25, 0.3) is 0 Å². The molecule has 0 fully saturated rings. The fraction of sp³-hybridized carbons (Fsp3) is 0.857. The van der Waals surface area contributed by atoms with Crippen molar-refractivity contribution in [1.82, 2.24) is 14.8 Å². The number of rotatable bonds is 2. The minimum absolute atomic E-state index is 0.0602. The van der Waals surface area contributed by atoms with Crippen LogP contribution in [-0.2, 0) is 11.0 Å². The van der Waals surface area contributed by atoms with Crippen LogP contribution in [0.25, 0.3) is 0 Å². The Bertz CT molecular complexity index is 419. The number of aromatic nitrogens is 3. The highest BCUT2D eigenvalue weighted by molar-refractivity contribution is 6.28. The van der Waals surface area contributed by atoms with Crippen LogP contribution in [0.15, 0.2) is 0 Å². The summed E-state index contributed by atoms with van der Waals surface area (Å²) in [6, 6.07) is 0. The molecule has 104 valence electrons. The Morgan fingerprint density at radius 3 is 1.83 bits per heavy atom. The summed E-state index contributed by atoms with van der Waals surface area (Å²) in [6.45, 7) is 17.5. The van der Waals surface area contributed by atoms with Crippen LogP contribution in [0.3, 0.4) is 0 Å². The van der Waals surface area contributed by atoms with Gasteiger partial charge in [-0.2, -0.15) is 0 Å². The first-order valence-electron chi connectivity index (χ1n) is 6.46. The minimum atomic E-state index is -0.0958. The standard InChI is InChI=1S/C14H26ClN3/c1-12(2,3)9-14(7,8)18-10(13(4,5)6)16-17-11(18)15/h9H2,1-8H3. The molecule has 0 atom stereocenters. The average Bonchev–Trinajstić information content (AvgIpc) is 2.41. The lowest BCUT2D eigenvalue weighted by Crippen LogP contribution is -2.35. The van der Waals surface area contributed by atoms with Gasteiger partial charge in [0.05, 0.1) is 0 Å². The van der Waals surface area contributed by atoms with E-state index in [-0.39, 0.29) is 16.4 Å². The third-order valence-electron chi connectivity index (χ3n) is 2.86. The summed E-state index contributed by atoms with van der Waals surface area (Å²) in [5.41, 5.74) is 0.0724. The molecule has 0 aromatic carbocycles. The lowest BCUT2D eigenvalue weighted by atomic mass is 9.81. The summed E-state index contributed by atoms with van der Waals surface area (Å²) >= 11 is 6.25. The molecule has 18 heavy (non-hydrogen) atoms. The number of hydrogen-bond acceptors (Lipinski definition) is 2. The van der Waals surface area contributed by atoms with E-state index in [1.54, 1.807) is 0 Å². The Labute approximate surface area is 116 Å². The molecular formula is C14H26ClN3. The molecule has 0 unspecified atom stereocenters. The van der Waals surface area contributed by atoms with Crippen LogP contribution in [0.5, 0.6) is 0 Å². The van der Waals surface area contributed by atoms with Gasteiger partial charge in [0.2, 0.25) is 5.28 Å². The molecule has 1 aromatic rings. The van der Waals surface area contributed by atoms with Crippen LogP contribution in [0.2, 0.25) is 5.28 Å². The molecule has 1 aromatic heterocycles. The second-order valence-electron chi connectivity index (χ2n) is 7.93. The first kappa shape index (κ1) is 15.5. The Balaban J connectivity index is 3.28. The molecule has 0 bridgehead atoms. The zero-order chi connectivity index (χ0) is 14.4. The van der Waals surface area contributed by atoms with Crippen molar-refractivity contribution in [2.24, 2.45) is 5.41 Å². The van der Waals surface area contributed by atoms with Crippen molar-refractivity contribution in [3.05, 3.63) is 11.1 Å². The molecule has 0 spiro atoms. The van der Waals surface area contributed by atoms with E-state index >= 15 is 0 Å². The van der Waals surface area contributed by atoms with E-state index in [0.717, 1.165) is 12.2 Å². The van der Waals surface area contributed by atoms with Crippen LogP contribution < -0.4 is 0 Å². The van der Waals surface area contributed by atoms with E-state index < -0.39 is 0 Å². The Kier molecular flexibility index (Phi) is 3.89. The second kappa shape index (κ2) is 4.52. The van der Waals surface area contributed by atoms with E-state index in [1.165, 1.54) is 0 Å². The van der Waals surface area contributed by atoms with Crippen LogP contribution in [0, 0.1) is 5.41 Å². The molecule has 0 amide bonds. The van der Waals surface area contributed by atoms with Crippen LogP contribution >= 0.6 is 11.6 Å². The van der Waals surface area contributed by atoms with Crippen molar-refractivity contribution in [3.63, 3.8) is 0 Å². The number of nitrogens with zero attached hydrogens (tertiary/aromatic N) is 3. The largest absolute Gasteiger partial charge is 0.296 e. The quantitative estimate of drug-likeness (QED) is 0.798. The van der Waals surface area contributed by atoms with Crippen molar-refractivity contribution in [2.45, 2.75) is 72.8 Å². The van der Waals surface area contributed by atoms with E-state index in [4.69, 9.17) is 11.6 Å². The summed E-state index contributed by atoms with van der Waals surface area (Å²) < 4.78 is 2.08. The summed E-state index contributed by atoms with van der Waals surface area (Å²) in [6.07, 6.45) is 1.01. The third kappa shape index (κ3) is 3.47. The van der Waals surface area contributed by atoms with Crippen LogP contribution in [0.1, 0.15) is 67.6 Å². The van der Waals surface area contributed by atoms with Crippen molar-refractivity contribution in [1.29, 1.82) is 0 Å². The van der Waals surface area contributed by atoms with Crippen molar-refractivity contribution in [3.8, 4) is 0 Å². The van der Waals surface area contributed by atoms with Gasteiger partial charge in [0.15, 0.2) is 0 Å². The van der Waals surface area contributed by atoms with Crippen molar-refractivity contribution < 1.29 is 0 Å². The van der Waals surface area contributed by atoms with Crippen LogP contribution in [0.4, 0.5) is 0 Å². The lowest BCUT2D eigenvalue weighted by molar-refractivity contribution is 0.204. The van der Waals surface area contributed by atoms with Gasteiger partial charge in [0, 0.05) is 11.0 Å². The van der Waals surface area contributed by atoms with Gasteiger partial charge >= 0.3 is 0 Å². The highest BCUT2D eigenvalue weighted by atomic mass is 35.5. The fourth-order valence-electron chi connectivity index (χ4n) is 2.66. The molecule has 3 nitrogen and oxygen atoms in total. The molecule has 0 aliphatic rings. The topological polar surface area (TPSA) is 30.7 Å². The smallest absolute Gasteiger partial charge is 0.225 e. The molecule has 0 saturated carbocycles. The first-order chi connectivity index (χ1) is 7.84. The van der Waals surface area contributed by atoms with E-state index in [0.29, 0.717) is 5.28 Å². The minimum Gasteiger partial charge on any atom is -0.296 e. The predicted molar refractivity (Wildman–Crippen MR) is 77.1 cm³/mol. The zero-order valence-electron chi connectivity index (χ0n) is 12.9. The fourth-order valence-corrected chi connectivity index (χ4v) is 3.01. The van der Waals surface area contributed by atoms with Gasteiger partial charge in [-0.3, -0.25) is 4.57 Å². The van der Waals surface area contributed by atoms with Gasteiger partial charge in [-0.1, -0.05) is 41.5 Å². The predicted octanol–water partition coefficient (Wildman–Crippen LogP) is 4.40. The zero-order valence-corrected chi connectivity index (χ0v) is 13.7. The Hall–Kier alpha value is -0.570. The van der Waals surface area contributed by atoms with Gasteiger partial charge in [-0.05, 0) is 37.3 Å². The van der Waals surface area contributed by atoms with E-state index in [2.05, 4.69) is 70.2 Å². The van der Waals surface area contributed by atoms with Crippen molar-refractivity contribution in [2.75, 3.05) is 0 Å². The molecule has 0 aliphatic carbocycles. The highest BCUT2D eigenvalue weighted by Gasteiger charge is 2.34. The summed E-state index contributed by atoms with van der Waals surface area (Å²) in [5, 5.41) is 8.80. The maximum absolute atomic E-state index is 6.25. The molecular weight excluding hydrogens is 246 g/mol. The molecule has 1 heterocycles. The summed E-state index contributed by atoms with van der Waals surface area (Å²) in [7, 11) is 0. The van der Waals surface area contributed by atoms with E-state index in [9.17, 15) is 0 Å². The number of halogens is 1. The van der Waals surface area contributed by atoms with Gasteiger partial charge in [-0.25, -0.2) is 0 Å². The second-order valence-corrected chi connectivity index (χ2v) is 8.27. The van der Waals surface area contributed by atoms with Gasteiger partial charge in [0.1, 0.15) is 5.82 Å². The maximum atomic E-state index is 6.25. The summed E-state index contributed by atoms with van der Waals surface area (Å²) in [5.74, 6) is 0.946. The third-order valence-corrected chi connectivity index (χ3v) is 3.11. The molecule has 1 rings (SSSR count). The molecule has 0 aliphatic heterocycles. The SMILES string of the molecule is CC(C)(C)CC(C)(C)n1c(Cl)nnc1C(C)(C)C. The Morgan fingerprint density at radius 1 is 0.944 bits per heavy atom. The monoisotopic (exact) mass is 271 g/mol. The van der Waals surface area contributed by atoms with Crippen LogP contribution in [-0.4, -0.2) is 14.8 Å². The van der Waals surface area contributed by atoms with E-state index in [1.807, 2.05) is 0 Å². The maximum Gasteiger partial charge on any atom is 0.225 e. The highest BCUT2D eigenvalue weighted by Crippen LogP contribution is 2.37. The Morgan fingerprint density at radius 2 is 1.44 bits per heavy atom. The van der Waals surface area contributed by atoms with Crippen molar-refractivity contribution >= 4 is 11.6 Å². The molecule has 0 radical (unpaired) electrons. The molecule has 0 saturated heterocycles. The summed E-state index contributed by atoms with van der Waals surface area (Å²) in [4.78, 5) is 0.